The van der Waals surface area contributed by atoms with Crippen molar-refractivity contribution in [2.75, 3.05) is 0 Å². The van der Waals surface area contributed by atoms with E-state index in [1.165, 1.54) is 0 Å². The minimum Gasteiger partial charge on any atom is -0.475 e. The molecule has 9 N–H and O–H groups in total. The summed E-state index contributed by atoms with van der Waals surface area (Å²) in [5.41, 5.74) is 0. The Hall–Kier alpha value is -2.73. The standard InChI is InChI=1S/7C2HF3O2.H2O.4Zn/c7*3-2(4,5)1(6)7;;;;;/h7*(H,6,7);1H2;;;;. The van der Waals surface area contributed by atoms with Crippen LogP contribution >= 0.6 is 0 Å². The van der Waals surface area contributed by atoms with Crippen molar-refractivity contribution < 1.29 is 245 Å². The molecule has 0 saturated carbocycles. The van der Waals surface area contributed by atoms with Crippen LogP contribution in [0.2, 0.25) is 0 Å². The molecule has 0 aromatic carbocycles. The number of carboxylic acids is 7. The number of carbonyl (C=O) groups is 7. The third-order valence-electron chi connectivity index (χ3n) is 1.70. The fourth-order valence-corrected chi connectivity index (χ4v) is 0. The summed E-state index contributed by atoms with van der Waals surface area (Å²) in [4.78, 5) is 62.3. The van der Waals surface area contributed by atoms with Gasteiger partial charge in [0.15, 0.2) is 0 Å². The quantitative estimate of drug-likeness (QED) is 0.135. The van der Waals surface area contributed by atoms with E-state index < -0.39 is 85.0 Å². The second-order valence-corrected chi connectivity index (χ2v) is 5.62. The van der Waals surface area contributed by atoms with Crippen molar-refractivity contribution >= 4 is 41.8 Å². The summed E-state index contributed by atoms with van der Waals surface area (Å²) < 4.78 is 222. The molecule has 0 bridgehead atoms. The van der Waals surface area contributed by atoms with E-state index in [2.05, 4.69) is 0 Å². The third kappa shape index (κ3) is 74.4. The molecule has 0 atom stereocenters. The SMILES string of the molecule is O.O=C(O)C(F)(F)F.O=C(O)C(F)(F)F.O=C(O)C(F)(F)F.O=C(O)C(F)(F)F.O=C(O)C(F)(F)F.O=C(O)C(F)(F)F.O=C(O)C(F)(F)F.[Zn].[Zn].[Zn].[Zn]. The van der Waals surface area contributed by atoms with Gasteiger partial charge in [0.2, 0.25) is 0 Å². The van der Waals surface area contributed by atoms with Crippen LogP contribution in [0.3, 0.4) is 0 Å². The topological polar surface area (TPSA) is 293 Å². The van der Waals surface area contributed by atoms with Gasteiger partial charge in [-0.1, -0.05) is 0 Å². The molecule has 0 aromatic heterocycles. The summed E-state index contributed by atoms with van der Waals surface area (Å²) in [6.07, 6.45) is -35.6. The van der Waals surface area contributed by atoms with Gasteiger partial charge >= 0.3 is 85.0 Å². The maximum atomic E-state index is 10.6. The second-order valence-electron chi connectivity index (χ2n) is 5.62. The van der Waals surface area contributed by atoms with E-state index in [0.717, 1.165) is 0 Å². The van der Waals surface area contributed by atoms with E-state index >= 15 is 0 Å². The molecule has 54 heavy (non-hydrogen) atoms. The van der Waals surface area contributed by atoms with E-state index in [-0.39, 0.29) is 83.4 Å². The molecule has 0 radical (unpaired) electrons. The van der Waals surface area contributed by atoms with E-state index in [0.29, 0.717) is 0 Å². The molecule has 0 amide bonds. The molecule has 0 spiro atoms. The molecule has 0 aliphatic rings. The predicted molar refractivity (Wildman–Crippen MR) is 99.4 cm³/mol. The van der Waals surface area contributed by atoms with Crippen LogP contribution in [-0.4, -0.2) is 126 Å². The number of aliphatic carboxylic acids is 7. The predicted octanol–water partition coefficient (Wildman–Crippen LogP) is 3.60. The molecule has 0 saturated heterocycles. The Morgan fingerprint density at radius 3 is 0.241 bits per heavy atom. The molecule has 15 nitrogen and oxygen atoms in total. The van der Waals surface area contributed by atoms with Crippen molar-refractivity contribution in [1.29, 1.82) is 0 Å². The van der Waals surface area contributed by atoms with Crippen LogP contribution in [0.4, 0.5) is 92.2 Å². The van der Waals surface area contributed by atoms with Crippen molar-refractivity contribution in [3.05, 3.63) is 0 Å². The summed E-state index contributed by atoms with van der Waals surface area (Å²) in [5.74, 6) is -19.3. The number of halogens is 21. The summed E-state index contributed by atoms with van der Waals surface area (Å²) in [5, 5.41) is 49.9. The van der Waals surface area contributed by atoms with Gasteiger partial charge in [-0.15, -0.1) is 0 Å². The van der Waals surface area contributed by atoms with Gasteiger partial charge in [-0.2, -0.15) is 92.2 Å². The monoisotopic (exact) mass is 1070 g/mol. The minimum atomic E-state index is -5.08. The Bertz CT molecular complexity index is 842. The summed E-state index contributed by atoms with van der Waals surface area (Å²) >= 11 is 0. The average Bonchev–Trinajstić information content (AvgIpc) is 2.77. The Labute approximate surface area is 329 Å². The summed E-state index contributed by atoms with van der Waals surface area (Å²) in [6.45, 7) is 0. The zero-order chi connectivity index (χ0) is 42.5. The third-order valence-corrected chi connectivity index (χ3v) is 1.70. The van der Waals surface area contributed by atoms with Crippen LogP contribution in [0.5, 0.6) is 0 Å². The van der Waals surface area contributed by atoms with Gasteiger partial charge in [-0.05, 0) is 0 Å². The zero-order valence-corrected chi connectivity index (χ0v) is 36.1. The molecule has 310 valence electrons. The molecular formula is C14H9F21O15Zn4. The van der Waals surface area contributed by atoms with E-state index in [9.17, 15) is 92.2 Å². The van der Waals surface area contributed by atoms with Crippen molar-refractivity contribution in [2.45, 2.75) is 43.2 Å². The fourth-order valence-electron chi connectivity index (χ4n) is 0. The van der Waals surface area contributed by atoms with Crippen LogP contribution < -0.4 is 0 Å². The van der Waals surface area contributed by atoms with Crippen molar-refractivity contribution in [1.82, 2.24) is 0 Å². The molecule has 0 rings (SSSR count). The largest absolute Gasteiger partial charge is 0.490 e. The maximum absolute atomic E-state index is 10.6. The minimum absolute atomic E-state index is 0. The smallest absolute Gasteiger partial charge is 0.475 e. The molecule has 0 aromatic rings. The van der Waals surface area contributed by atoms with E-state index in [1.54, 1.807) is 0 Å². The van der Waals surface area contributed by atoms with Gasteiger partial charge in [0, 0.05) is 77.9 Å². The van der Waals surface area contributed by atoms with Gasteiger partial charge in [0.1, 0.15) is 0 Å². The van der Waals surface area contributed by atoms with Gasteiger partial charge in [0.05, 0.1) is 0 Å². The summed E-state index contributed by atoms with van der Waals surface area (Å²) in [7, 11) is 0. The first-order valence-electron chi connectivity index (χ1n) is 8.71. The molecule has 0 fully saturated rings. The Balaban J connectivity index is -0.0000000375. The van der Waals surface area contributed by atoms with E-state index in [1.807, 2.05) is 0 Å². The molecule has 40 heteroatoms. The Morgan fingerprint density at radius 2 is 0.241 bits per heavy atom. The van der Waals surface area contributed by atoms with Crippen molar-refractivity contribution in [2.24, 2.45) is 0 Å². The Morgan fingerprint density at radius 1 is 0.222 bits per heavy atom. The number of carboxylic acid groups (broad SMARTS) is 7. The fraction of sp³-hybridized carbons (Fsp3) is 0.500. The van der Waals surface area contributed by atoms with Gasteiger partial charge in [-0.25, -0.2) is 33.6 Å². The average molecular weight is 1080 g/mol. The van der Waals surface area contributed by atoms with Gasteiger partial charge < -0.3 is 41.2 Å². The van der Waals surface area contributed by atoms with Gasteiger partial charge in [0.25, 0.3) is 0 Å². The van der Waals surface area contributed by atoms with Crippen LogP contribution in [0.25, 0.3) is 0 Å². The maximum Gasteiger partial charge on any atom is 0.490 e. The number of hydrogen-bond donors (Lipinski definition) is 7. The van der Waals surface area contributed by atoms with Crippen LogP contribution in [-0.2, 0) is 111 Å². The first-order valence-corrected chi connectivity index (χ1v) is 8.71. The molecule has 0 heterocycles. The van der Waals surface area contributed by atoms with Gasteiger partial charge in [-0.3, -0.25) is 0 Å². The van der Waals surface area contributed by atoms with Crippen LogP contribution in [0.1, 0.15) is 0 Å². The molecule has 0 aliphatic heterocycles. The first kappa shape index (κ1) is 84.0. The first-order chi connectivity index (χ1) is 20.6. The number of rotatable bonds is 0. The zero-order valence-electron chi connectivity index (χ0n) is 24.3. The molecule has 0 unspecified atom stereocenters. The molecule has 0 aliphatic carbocycles. The number of hydrogen-bond acceptors (Lipinski definition) is 7. The number of alkyl halides is 21. The van der Waals surface area contributed by atoms with Crippen molar-refractivity contribution in [3.8, 4) is 0 Å². The van der Waals surface area contributed by atoms with Crippen LogP contribution in [0.15, 0.2) is 0 Å². The van der Waals surface area contributed by atoms with Crippen molar-refractivity contribution in [3.63, 3.8) is 0 Å². The second kappa shape index (κ2) is 33.6. The van der Waals surface area contributed by atoms with Crippen LogP contribution in [0, 0.1) is 0 Å². The summed E-state index contributed by atoms with van der Waals surface area (Å²) in [6, 6.07) is 0. The van der Waals surface area contributed by atoms with E-state index in [4.69, 9.17) is 69.3 Å². The normalized spacial score (nSPS) is 10.2. The Kier molecular flexibility index (Phi) is 52.3. The molecular weight excluding hydrogens is 1070 g/mol.